The third-order valence-electron chi connectivity index (χ3n) is 2.12. The Balaban J connectivity index is 2.24. The Morgan fingerprint density at radius 2 is 1.88 bits per heavy atom. The maximum Gasteiger partial charge on any atom is 0.239 e. The van der Waals surface area contributed by atoms with Crippen LogP contribution in [0.15, 0.2) is 30.3 Å². The fourth-order valence-corrected chi connectivity index (χ4v) is 1.33. The standard InChI is InChI=1S/C12H15BrN2O2/c1-9(13)12(17)15-8-11(16)14-7-10-5-3-2-4-6-10/h2-6,9H,7-8H2,1H3,(H,14,16)(H,15,17). The number of hydrogen-bond acceptors (Lipinski definition) is 2. The van der Waals surface area contributed by atoms with Crippen molar-refractivity contribution >= 4 is 27.7 Å². The molecule has 2 amide bonds. The van der Waals surface area contributed by atoms with Gasteiger partial charge >= 0.3 is 0 Å². The molecule has 92 valence electrons. The molecular weight excluding hydrogens is 284 g/mol. The van der Waals surface area contributed by atoms with Crippen molar-refractivity contribution in [3.05, 3.63) is 35.9 Å². The van der Waals surface area contributed by atoms with Gasteiger partial charge < -0.3 is 10.6 Å². The highest BCUT2D eigenvalue weighted by Crippen LogP contribution is 1.97. The number of nitrogens with one attached hydrogen (secondary N) is 2. The molecular formula is C12H15BrN2O2. The Hall–Kier alpha value is -1.36. The van der Waals surface area contributed by atoms with Gasteiger partial charge in [0.15, 0.2) is 0 Å². The second kappa shape index (κ2) is 7.06. The zero-order valence-electron chi connectivity index (χ0n) is 9.57. The molecule has 0 saturated heterocycles. The van der Waals surface area contributed by atoms with Gasteiger partial charge in [0.1, 0.15) is 0 Å². The summed E-state index contributed by atoms with van der Waals surface area (Å²) in [6, 6.07) is 9.60. The maximum absolute atomic E-state index is 11.4. The molecule has 0 aliphatic heterocycles. The van der Waals surface area contributed by atoms with Crippen LogP contribution in [0.3, 0.4) is 0 Å². The van der Waals surface area contributed by atoms with Crippen molar-refractivity contribution in [2.45, 2.75) is 18.3 Å². The summed E-state index contributed by atoms with van der Waals surface area (Å²) in [6.45, 7) is 2.18. The second-order valence-corrected chi connectivity index (χ2v) is 4.97. The van der Waals surface area contributed by atoms with E-state index >= 15 is 0 Å². The first-order chi connectivity index (χ1) is 8.09. The van der Waals surface area contributed by atoms with Gasteiger partial charge in [-0.1, -0.05) is 46.3 Å². The van der Waals surface area contributed by atoms with E-state index in [0.717, 1.165) is 5.56 Å². The fourth-order valence-electron chi connectivity index (χ4n) is 1.17. The molecule has 0 aliphatic carbocycles. The second-order valence-electron chi connectivity index (χ2n) is 3.60. The van der Waals surface area contributed by atoms with Crippen LogP contribution in [0.1, 0.15) is 12.5 Å². The highest BCUT2D eigenvalue weighted by Gasteiger charge is 2.09. The molecule has 0 saturated carbocycles. The van der Waals surface area contributed by atoms with Crippen LogP contribution in [-0.4, -0.2) is 23.2 Å². The largest absolute Gasteiger partial charge is 0.350 e. The van der Waals surface area contributed by atoms with Gasteiger partial charge in [-0.25, -0.2) is 0 Å². The SMILES string of the molecule is CC(Br)C(=O)NCC(=O)NCc1ccccc1. The van der Waals surface area contributed by atoms with Crippen molar-refractivity contribution in [1.29, 1.82) is 0 Å². The minimum absolute atomic E-state index is 0.00159. The number of carbonyl (C=O) groups excluding carboxylic acids is 2. The number of alkyl halides is 1. The lowest BCUT2D eigenvalue weighted by molar-refractivity contribution is -0.125. The average Bonchev–Trinajstić information content (AvgIpc) is 2.34. The van der Waals surface area contributed by atoms with Gasteiger partial charge in [-0.2, -0.15) is 0 Å². The fraction of sp³-hybridized carbons (Fsp3) is 0.333. The van der Waals surface area contributed by atoms with Crippen molar-refractivity contribution in [3.8, 4) is 0 Å². The number of benzene rings is 1. The summed E-state index contributed by atoms with van der Waals surface area (Å²) in [5.41, 5.74) is 1.03. The Labute approximate surface area is 109 Å². The van der Waals surface area contributed by atoms with Gasteiger partial charge in [-0.3, -0.25) is 9.59 Å². The first-order valence-corrected chi connectivity index (χ1v) is 6.23. The summed E-state index contributed by atoms with van der Waals surface area (Å²) in [5, 5.41) is 5.24. The van der Waals surface area contributed by atoms with Crippen molar-refractivity contribution in [1.82, 2.24) is 10.6 Å². The molecule has 2 N–H and O–H groups in total. The molecule has 0 spiro atoms. The monoisotopic (exact) mass is 298 g/mol. The lowest BCUT2D eigenvalue weighted by Gasteiger charge is -2.07. The molecule has 1 unspecified atom stereocenters. The highest BCUT2D eigenvalue weighted by molar-refractivity contribution is 9.10. The van der Waals surface area contributed by atoms with Crippen molar-refractivity contribution in [2.24, 2.45) is 0 Å². The summed E-state index contributed by atoms with van der Waals surface area (Å²) < 4.78 is 0. The predicted octanol–water partition coefficient (Wildman–Crippen LogP) is 1.20. The van der Waals surface area contributed by atoms with Gasteiger partial charge in [0, 0.05) is 6.54 Å². The normalized spacial score (nSPS) is 11.6. The minimum atomic E-state index is -0.288. The van der Waals surface area contributed by atoms with Crippen LogP contribution < -0.4 is 10.6 Å². The van der Waals surface area contributed by atoms with E-state index in [1.807, 2.05) is 30.3 Å². The van der Waals surface area contributed by atoms with Gasteiger partial charge in [0.25, 0.3) is 0 Å². The average molecular weight is 299 g/mol. The summed E-state index contributed by atoms with van der Waals surface area (Å²) in [4.78, 5) is 22.3. The quantitative estimate of drug-likeness (QED) is 0.803. The lowest BCUT2D eigenvalue weighted by atomic mass is 10.2. The maximum atomic E-state index is 11.4. The molecule has 1 atom stereocenters. The van der Waals surface area contributed by atoms with E-state index in [2.05, 4.69) is 26.6 Å². The van der Waals surface area contributed by atoms with Crippen molar-refractivity contribution in [3.63, 3.8) is 0 Å². The lowest BCUT2D eigenvalue weighted by Crippen LogP contribution is -2.39. The summed E-state index contributed by atoms with van der Waals surface area (Å²) >= 11 is 3.12. The third kappa shape index (κ3) is 5.49. The smallest absolute Gasteiger partial charge is 0.239 e. The van der Waals surface area contributed by atoms with E-state index < -0.39 is 0 Å². The zero-order valence-corrected chi connectivity index (χ0v) is 11.2. The predicted molar refractivity (Wildman–Crippen MR) is 69.7 cm³/mol. The van der Waals surface area contributed by atoms with E-state index in [1.165, 1.54) is 0 Å². The van der Waals surface area contributed by atoms with Crippen molar-refractivity contribution in [2.75, 3.05) is 6.54 Å². The molecule has 1 rings (SSSR count). The molecule has 4 nitrogen and oxygen atoms in total. The molecule has 0 aliphatic rings. The Morgan fingerprint density at radius 3 is 2.47 bits per heavy atom. The van der Waals surface area contributed by atoms with Gasteiger partial charge in [-0.05, 0) is 12.5 Å². The van der Waals surface area contributed by atoms with Crippen LogP contribution in [-0.2, 0) is 16.1 Å². The van der Waals surface area contributed by atoms with Gasteiger partial charge in [0.2, 0.25) is 11.8 Å². The number of rotatable bonds is 5. The zero-order chi connectivity index (χ0) is 12.7. The Morgan fingerprint density at radius 1 is 1.24 bits per heavy atom. The van der Waals surface area contributed by atoms with E-state index in [-0.39, 0.29) is 23.2 Å². The van der Waals surface area contributed by atoms with Crippen molar-refractivity contribution < 1.29 is 9.59 Å². The van der Waals surface area contributed by atoms with Gasteiger partial charge in [0.05, 0.1) is 11.4 Å². The molecule has 17 heavy (non-hydrogen) atoms. The molecule has 5 heteroatoms. The molecule has 0 radical (unpaired) electrons. The Bertz CT molecular complexity index is 379. The summed E-state index contributed by atoms with van der Waals surface area (Å²) in [6.07, 6.45) is 0. The molecule has 0 fully saturated rings. The topological polar surface area (TPSA) is 58.2 Å². The first kappa shape index (κ1) is 13.7. The van der Waals surface area contributed by atoms with Crippen LogP contribution >= 0.6 is 15.9 Å². The molecule has 0 heterocycles. The van der Waals surface area contributed by atoms with Crippen LogP contribution in [0.2, 0.25) is 0 Å². The molecule has 0 aromatic heterocycles. The Kier molecular flexibility index (Phi) is 5.69. The summed E-state index contributed by atoms with van der Waals surface area (Å²) in [5.74, 6) is -0.393. The van der Waals surface area contributed by atoms with E-state index in [0.29, 0.717) is 6.54 Å². The number of hydrogen-bond donors (Lipinski definition) is 2. The minimum Gasteiger partial charge on any atom is -0.350 e. The summed E-state index contributed by atoms with van der Waals surface area (Å²) in [7, 11) is 0. The van der Waals surface area contributed by atoms with Crippen LogP contribution in [0.25, 0.3) is 0 Å². The van der Waals surface area contributed by atoms with Gasteiger partial charge in [-0.15, -0.1) is 0 Å². The van der Waals surface area contributed by atoms with E-state index in [1.54, 1.807) is 6.92 Å². The number of carbonyl (C=O) groups is 2. The number of amides is 2. The van der Waals surface area contributed by atoms with E-state index in [9.17, 15) is 9.59 Å². The van der Waals surface area contributed by atoms with Crippen LogP contribution in [0.5, 0.6) is 0 Å². The number of halogens is 1. The third-order valence-corrected chi connectivity index (χ3v) is 2.53. The van der Waals surface area contributed by atoms with E-state index in [4.69, 9.17) is 0 Å². The van der Waals surface area contributed by atoms with Crippen LogP contribution in [0.4, 0.5) is 0 Å². The first-order valence-electron chi connectivity index (χ1n) is 5.32. The molecule has 1 aromatic rings. The molecule has 0 bridgehead atoms. The van der Waals surface area contributed by atoms with Crippen LogP contribution in [0, 0.1) is 0 Å². The molecule has 1 aromatic carbocycles. The highest BCUT2D eigenvalue weighted by atomic mass is 79.9.